The smallest absolute Gasteiger partial charge is 0.329 e. The molecule has 3 rings (SSSR count). The van der Waals surface area contributed by atoms with E-state index in [0.29, 0.717) is 39.7 Å². The Labute approximate surface area is 248 Å². The third-order valence-electron chi connectivity index (χ3n) is 5.87. The van der Waals surface area contributed by atoms with Gasteiger partial charge in [-0.15, -0.1) is 0 Å². The van der Waals surface area contributed by atoms with E-state index in [4.69, 9.17) is 9.47 Å². The summed E-state index contributed by atoms with van der Waals surface area (Å²) < 4.78 is 12.0. The van der Waals surface area contributed by atoms with Gasteiger partial charge in [0.2, 0.25) is 0 Å². The molecule has 3 aromatic carbocycles. The second-order valence-corrected chi connectivity index (χ2v) is 10.6. The van der Waals surface area contributed by atoms with Crippen molar-refractivity contribution < 1.29 is 23.9 Å². The number of hydrogen-bond donors (Lipinski definition) is 3. The SMILES string of the molecule is CCOc1cc(/C=N\NC(=O)C(=O)NCc2ccc(C(C)C)cc2)cc(Br)c1OCC(=O)Nc1cc(C)cc(C)c1. The number of carbonyl (C=O) groups is 3. The molecule has 0 atom stereocenters. The Hall–Kier alpha value is -4.18. The summed E-state index contributed by atoms with van der Waals surface area (Å²) in [6.45, 7) is 10.3. The second kappa shape index (κ2) is 15.0. The highest BCUT2D eigenvalue weighted by molar-refractivity contribution is 9.10. The summed E-state index contributed by atoms with van der Waals surface area (Å²) in [4.78, 5) is 36.8. The number of hydrogen-bond acceptors (Lipinski definition) is 6. The van der Waals surface area contributed by atoms with Crippen LogP contribution in [0.3, 0.4) is 0 Å². The van der Waals surface area contributed by atoms with Gasteiger partial charge in [-0.2, -0.15) is 5.10 Å². The Morgan fingerprint density at radius 2 is 1.63 bits per heavy atom. The Morgan fingerprint density at radius 3 is 2.27 bits per heavy atom. The number of ether oxygens (including phenoxy) is 2. The van der Waals surface area contributed by atoms with Crippen molar-refractivity contribution in [2.24, 2.45) is 5.10 Å². The van der Waals surface area contributed by atoms with Crippen LogP contribution in [-0.4, -0.2) is 37.1 Å². The fourth-order valence-electron chi connectivity index (χ4n) is 3.95. The van der Waals surface area contributed by atoms with Crippen molar-refractivity contribution in [2.75, 3.05) is 18.5 Å². The maximum absolute atomic E-state index is 12.5. The van der Waals surface area contributed by atoms with E-state index in [0.717, 1.165) is 16.7 Å². The van der Waals surface area contributed by atoms with Crippen molar-refractivity contribution in [3.63, 3.8) is 0 Å². The highest BCUT2D eigenvalue weighted by Gasteiger charge is 2.15. The third-order valence-corrected chi connectivity index (χ3v) is 6.46. The summed E-state index contributed by atoms with van der Waals surface area (Å²) in [5.74, 6) is -0.854. The van der Waals surface area contributed by atoms with Crippen molar-refractivity contribution in [3.05, 3.63) is 86.9 Å². The van der Waals surface area contributed by atoms with E-state index < -0.39 is 11.8 Å². The molecule has 0 radical (unpaired) electrons. The van der Waals surface area contributed by atoms with Crippen molar-refractivity contribution >= 4 is 45.6 Å². The predicted octanol–water partition coefficient (Wildman–Crippen LogP) is 5.37. The van der Waals surface area contributed by atoms with Gasteiger partial charge >= 0.3 is 11.8 Å². The second-order valence-electron chi connectivity index (χ2n) is 9.75. The molecular formula is C31H35BrN4O5. The standard InChI is InChI=1S/C31H35BrN4O5/c1-6-40-27-15-23(14-26(32)29(27)41-18-28(37)35-25-12-20(4)11-21(5)13-25)17-34-36-31(39)30(38)33-16-22-7-9-24(10-8-22)19(2)3/h7-15,17,19H,6,16,18H2,1-5H3,(H,33,38)(H,35,37)(H,36,39)/b34-17-. The first-order valence-electron chi connectivity index (χ1n) is 13.2. The van der Waals surface area contributed by atoms with Gasteiger partial charge in [-0.25, -0.2) is 5.43 Å². The molecule has 0 aliphatic rings. The van der Waals surface area contributed by atoms with Crippen molar-refractivity contribution in [1.82, 2.24) is 10.7 Å². The summed E-state index contributed by atoms with van der Waals surface area (Å²) in [6, 6.07) is 17.0. The third kappa shape index (κ3) is 9.75. The first kappa shape index (κ1) is 31.3. The van der Waals surface area contributed by atoms with E-state index in [1.807, 2.05) is 63.2 Å². The Balaban J connectivity index is 1.56. The molecule has 41 heavy (non-hydrogen) atoms. The monoisotopic (exact) mass is 622 g/mol. The lowest BCUT2D eigenvalue weighted by Gasteiger charge is -2.15. The van der Waals surface area contributed by atoms with E-state index in [1.165, 1.54) is 11.8 Å². The predicted molar refractivity (Wildman–Crippen MR) is 163 cm³/mol. The van der Waals surface area contributed by atoms with Crippen molar-refractivity contribution in [2.45, 2.75) is 47.1 Å². The lowest BCUT2D eigenvalue weighted by Crippen LogP contribution is -2.37. The average Bonchev–Trinajstić information content (AvgIpc) is 2.91. The number of anilines is 1. The average molecular weight is 624 g/mol. The number of benzene rings is 3. The van der Waals surface area contributed by atoms with Crippen LogP contribution in [0.15, 0.2) is 64.2 Å². The summed E-state index contributed by atoms with van der Waals surface area (Å²) in [5, 5.41) is 9.30. The zero-order valence-corrected chi connectivity index (χ0v) is 25.4. The van der Waals surface area contributed by atoms with Crippen molar-refractivity contribution in [3.8, 4) is 11.5 Å². The van der Waals surface area contributed by atoms with Crippen LogP contribution < -0.4 is 25.5 Å². The van der Waals surface area contributed by atoms with Crippen LogP contribution >= 0.6 is 15.9 Å². The summed E-state index contributed by atoms with van der Waals surface area (Å²) in [6.07, 6.45) is 1.37. The molecule has 0 fully saturated rings. The molecule has 0 aromatic heterocycles. The van der Waals surface area contributed by atoms with E-state index >= 15 is 0 Å². The maximum Gasteiger partial charge on any atom is 0.329 e. The number of halogens is 1. The van der Waals surface area contributed by atoms with Gasteiger partial charge in [0, 0.05) is 12.2 Å². The molecule has 0 bridgehead atoms. The molecule has 216 valence electrons. The van der Waals surface area contributed by atoms with Gasteiger partial charge in [0.05, 0.1) is 17.3 Å². The molecule has 0 aliphatic heterocycles. The lowest BCUT2D eigenvalue weighted by atomic mass is 10.0. The number of nitrogens with zero attached hydrogens (tertiary/aromatic N) is 1. The van der Waals surface area contributed by atoms with Crippen LogP contribution in [-0.2, 0) is 20.9 Å². The van der Waals surface area contributed by atoms with Crippen LogP contribution in [0.5, 0.6) is 11.5 Å². The highest BCUT2D eigenvalue weighted by atomic mass is 79.9. The molecule has 10 heteroatoms. The fourth-order valence-corrected chi connectivity index (χ4v) is 4.52. The molecule has 3 N–H and O–H groups in total. The number of aryl methyl sites for hydroxylation is 2. The van der Waals surface area contributed by atoms with Crippen LogP contribution in [0.2, 0.25) is 0 Å². The zero-order chi connectivity index (χ0) is 29.9. The molecule has 0 unspecified atom stereocenters. The van der Waals surface area contributed by atoms with E-state index in [9.17, 15) is 14.4 Å². The topological polar surface area (TPSA) is 118 Å². The van der Waals surface area contributed by atoms with E-state index in [1.54, 1.807) is 12.1 Å². The molecule has 3 amide bonds. The minimum Gasteiger partial charge on any atom is -0.490 e. The summed E-state index contributed by atoms with van der Waals surface area (Å²) in [7, 11) is 0. The van der Waals surface area contributed by atoms with Gasteiger partial charge in [0.25, 0.3) is 5.91 Å². The van der Waals surface area contributed by atoms with Crippen LogP contribution in [0.1, 0.15) is 54.5 Å². The van der Waals surface area contributed by atoms with E-state index in [-0.39, 0.29) is 19.1 Å². The quantitative estimate of drug-likeness (QED) is 0.151. The fraction of sp³-hybridized carbons (Fsp3) is 0.290. The van der Waals surface area contributed by atoms with Gasteiger partial charge in [0.15, 0.2) is 18.1 Å². The van der Waals surface area contributed by atoms with Crippen molar-refractivity contribution in [1.29, 1.82) is 0 Å². The Kier molecular flexibility index (Phi) is 11.5. The van der Waals surface area contributed by atoms with Gasteiger partial charge in [-0.05, 0) is 94.7 Å². The molecule has 3 aromatic rings. The van der Waals surface area contributed by atoms with Crippen LogP contribution in [0, 0.1) is 13.8 Å². The highest BCUT2D eigenvalue weighted by Crippen LogP contribution is 2.36. The molecule has 0 saturated heterocycles. The van der Waals surface area contributed by atoms with Gasteiger partial charge in [-0.3, -0.25) is 14.4 Å². The number of amides is 3. The molecule has 0 spiro atoms. The lowest BCUT2D eigenvalue weighted by molar-refractivity contribution is -0.139. The number of carbonyl (C=O) groups excluding carboxylic acids is 3. The summed E-state index contributed by atoms with van der Waals surface area (Å²) in [5.41, 5.74) is 7.67. The number of nitrogens with one attached hydrogen (secondary N) is 3. The first-order valence-corrected chi connectivity index (χ1v) is 14.0. The van der Waals surface area contributed by atoms with Crippen LogP contribution in [0.25, 0.3) is 0 Å². The van der Waals surface area contributed by atoms with Gasteiger partial charge < -0.3 is 20.1 Å². The minimum absolute atomic E-state index is 0.225. The van der Waals surface area contributed by atoms with Gasteiger partial charge in [-0.1, -0.05) is 44.2 Å². The maximum atomic E-state index is 12.5. The largest absolute Gasteiger partial charge is 0.490 e. The molecule has 0 saturated carbocycles. The Morgan fingerprint density at radius 1 is 0.951 bits per heavy atom. The minimum atomic E-state index is -0.890. The molecule has 0 heterocycles. The van der Waals surface area contributed by atoms with E-state index in [2.05, 4.69) is 50.9 Å². The molecule has 9 nitrogen and oxygen atoms in total. The Bertz CT molecular complexity index is 1400. The van der Waals surface area contributed by atoms with Crippen LogP contribution in [0.4, 0.5) is 5.69 Å². The van der Waals surface area contributed by atoms with Gasteiger partial charge in [0.1, 0.15) is 0 Å². The number of rotatable bonds is 11. The molecule has 0 aliphatic carbocycles. The molecular weight excluding hydrogens is 588 g/mol. The zero-order valence-electron chi connectivity index (χ0n) is 23.8. The number of hydrazone groups is 1. The normalized spacial score (nSPS) is 10.9. The first-order chi connectivity index (χ1) is 19.5. The summed E-state index contributed by atoms with van der Waals surface area (Å²) >= 11 is 3.45.